The molecule has 10 heteroatoms. The molecule has 0 bridgehead atoms. The van der Waals surface area contributed by atoms with Crippen molar-refractivity contribution < 1.29 is 14.3 Å². The van der Waals surface area contributed by atoms with E-state index in [4.69, 9.17) is 9.47 Å². The van der Waals surface area contributed by atoms with Gasteiger partial charge in [-0.15, -0.1) is 0 Å². The number of piperidine rings is 1. The third-order valence-corrected chi connectivity index (χ3v) is 6.65. The Morgan fingerprint density at radius 3 is 2.66 bits per heavy atom. The second kappa shape index (κ2) is 12.5. The summed E-state index contributed by atoms with van der Waals surface area (Å²) in [6, 6.07) is 3.67. The molecule has 0 spiro atoms. The second-order valence-corrected chi connectivity index (χ2v) is 9.19. The molecule has 1 amide bonds. The molecule has 0 atom stereocenters. The van der Waals surface area contributed by atoms with Gasteiger partial charge in [0.2, 0.25) is 11.9 Å². The van der Waals surface area contributed by atoms with Crippen molar-refractivity contribution >= 4 is 23.5 Å². The first kappa shape index (κ1) is 25.0. The third kappa shape index (κ3) is 7.42. The number of nitrogens with one attached hydrogen (secondary N) is 2. The molecule has 0 aromatic carbocycles. The highest BCUT2D eigenvalue weighted by atomic mass is 16.5. The largest absolute Gasteiger partial charge is 0.491 e. The van der Waals surface area contributed by atoms with E-state index < -0.39 is 0 Å². The molecular weight excluding hydrogens is 446 g/mol. The number of amides is 1. The molecule has 35 heavy (non-hydrogen) atoms. The minimum atomic E-state index is 0.158. The molecule has 2 N–H and O–H groups in total. The maximum atomic E-state index is 11.5. The summed E-state index contributed by atoms with van der Waals surface area (Å²) >= 11 is 0. The van der Waals surface area contributed by atoms with Crippen LogP contribution in [0.25, 0.3) is 0 Å². The van der Waals surface area contributed by atoms with Gasteiger partial charge < -0.3 is 29.9 Å². The van der Waals surface area contributed by atoms with E-state index in [9.17, 15) is 4.79 Å². The maximum absolute atomic E-state index is 11.5. The van der Waals surface area contributed by atoms with Crippen molar-refractivity contribution in [3.05, 3.63) is 24.5 Å². The van der Waals surface area contributed by atoms with Crippen LogP contribution >= 0.6 is 0 Å². The minimum Gasteiger partial charge on any atom is -0.491 e. The molecule has 2 aliphatic rings. The average molecular weight is 484 g/mol. The fourth-order valence-corrected chi connectivity index (χ4v) is 4.57. The fourth-order valence-electron chi connectivity index (χ4n) is 4.57. The lowest BCUT2D eigenvalue weighted by molar-refractivity contribution is -0.130. The molecule has 2 fully saturated rings. The number of carbonyl (C=O) groups is 1. The number of nitrogens with zero attached hydrogens (tertiary/aromatic N) is 5. The molecule has 2 aromatic heterocycles. The van der Waals surface area contributed by atoms with Crippen LogP contribution in [0.2, 0.25) is 0 Å². The smallest absolute Gasteiger partial charge is 0.230 e. The van der Waals surface area contributed by atoms with E-state index in [1.807, 2.05) is 17.0 Å². The van der Waals surface area contributed by atoms with E-state index >= 15 is 0 Å². The van der Waals surface area contributed by atoms with Gasteiger partial charge in [0.05, 0.1) is 19.9 Å². The van der Waals surface area contributed by atoms with E-state index in [-0.39, 0.29) is 5.91 Å². The van der Waals surface area contributed by atoms with Gasteiger partial charge in [0.15, 0.2) is 11.5 Å². The molecule has 0 saturated carbocycles. The number of anilines is 3. The maximum Gasteiger partial charge on any atom is 0.230 e. The summed E-state index contributed by atoms with van der Waals surface area (Å²) in [6.45, 7) is 8.17. The van der Waals surface area contributed by atoms with E-state index in [2.05, 4.69) is 30.5 Å². The van der Waals surface area contributed by atoms with Crippen LogP contribution in [0.3, 0.4) is 0 Å². The van der Waals surface area contributed by atoms with Crippen molar-refractivity contribution in [1.29, 1.82) is 0 Å². The SMILES string of the molecule is COc1cnc(Nc2nccc(NCC3CCN(C(C)=O)CC3)n2)cc1OCCCN1CCCC1. The standard InChI is InChI=1S/C25H37N7O3/c1-19(33)32-13-7-20(8-14-32)17-27-23-6-9-26-25(29-23)30-24-16-21(22(34-2)18-28-24)35-15-5-12-31-10-3-4-11-31/h6,9,16,18,20H,3-5,7-8,10-15,17H2,1-2H3,(H2,26,27,28,29,30). The quantitative estimate of drug-likeness (QED) is 0.466. The number of aromatic nitrogens is 3. The summed E-state index contributed by atoms with van der Waals surface area (Å²) < 4.78 is 11.4. The highest BCUT2D eigenvalue weighted by molar-refractivity contribution is 5.73. The Kier molecular flexibility index (Phi) is 8.94. The van der Waals surface area contributed by atoms with Crippen molar-refractivity contribution in [3.63, 3.8) is 0 Å². The van der Waals surface area contributed by atoms with Crippen LogP contribution in [0.15, 0.2) is 24.5 Å². The summed E-state index contributed by atoms with van der Waals surface area (Å²) in [5, 5.41) is 6.57. The molecule has 4 heterocycles. The van der Waals surface area contributed by atoms with Crippen molar-refractivity contribution in [2.24, 2.45) is 5.92 Å². The average Bonchev–Trinajstić information content (AvgIpc) is 3.40. The van der Waals surface area contributed by atoms with Crippen molar-refractivity contribution in [2.75, 3.05) is 63.6 Å². The predicted octanol–water partition coefficient (Wildman–Crippen LogP) is 3.16. The monoisotopic (exact) mass is 483 g/mol. The number of ether oxygens (including phenoxy) is 2. The Morgan fingerprint density at radius 1 is 1.11 bits per heavy atom. The Labute approximate surface area is 207 Å². The first-order valence-electron chi connectivity index (χ1n) is 12.6. The van der Waals surface area contributed by atoms with Crippen LogP contribution < -0.4 is 20.1 Å². The Morgan fingerprint density at radius 2 is 1.91 bits per heavy atom. The molecule has 0 radical (unpaired) electrons. The molecule has 0 aliphatic carbocycles. The molecule has 10 nitrogen and oxygen atoms in total. The first-order valence-corrected chi connectivity index (χ1v) is 12.6. The van der Waals surface area contributed by atoms with Crippen molar-refractivity contribution in [1.82, 2.24) is 24.8 Å². The van der Waals surface area contributed by atoms with E-state index in [0.29, 0.717) is 35.8 Å². The van der Waals surface area contributed by atoms with Gasteiger partial charge in [-0.25, -0.2) is 9.97 Å². The minimum absolute atomic E-state index is 0.158. The van der Waals surface area contributed by atoms with Gasteiger partial charge >= 0.3 is 0 Å². The zero-order valence-corrected chi connectivity index (χ0v) is 20.8. The van der Waals surface area contributed by atoms with Crippen molar-refractivity contribution in [3.8, 4) is 11.5 Å². The number of carbonyl (C=O) groups excluding carboxylic acids is 1. The van der Waals surface area contributed by atoms with Gasteiger partial charge in [0, 0.05) is 45.4 Å². The molecular formula is C25H37N7O3. The number of pyridine rings is 1. The van der Waals surface area contributed by atoms with Crippen LogP contribution in [-0.4, -0.2) is 83.6 Å². The van der Waals surface area contributed by atoms with Gasteiger partial charge in [-0.05, 0) is 57.2 Å². The van der Waals surface area contributed by atoms with Crippen LogP contribution in [-0.2, 0) is 4.79 Å². The zero-order chi connectivity index (χ0) is 24.5. The van der Waals surface area contributed by atoms with Crippen LogP contribution in [0.1, 0.15) is 39.0 Å². The summed E-state index contributed by atoms with van der Waals surface area (Å²) in [5.41, 5.74) is 0. The van der Waals surface area contributed by atoms with Crippen LogP contribution in [0.4, 0.5) is 17.6 Å². The Hall–Kier alpha value is -3.14. The number of hydrogen-bond acceptors (Lipinski definition) is 9. The third-order valence-electron chi connectivity index (χ3n) is 6.65. The summed E-state index contributed by atoms with van der Waals surface area (Å²) in [6.07, 6.45) is 8.93. The van der Waals surface area contributed by atoms with E-state index in [1.165, 1.54) is 25.9 Å². The number of methoxy groups -OCH3 is 1. The topological polar surface area (TPSA) is 105 Å². The van der Waals surface area contributed by atoms with Gasteiger partial charge in [0.1, 0.15) is 11.6 Å². The lowest BCUT2D eigenvalue weighted by atomic mass is 9.97. The first-order chi connectivity index (χ1) is 17.1. The predicted molar refractivity (Wildman–Crippen MR) is 135 cm³/mol. The summed E-state index contributed by atoms with van der Waals surface area (Å²) in [5.74, 6) is 3.73. The normalized spacial score (nSPS) is 16.8. The van der Waals surface area contributed by atoms with E-state index in [1.54, 1.807) is 26.4 Å². The van der Waals surface area contributed by atoms with Gasteiger partial charge in [-0.2, -0.15) is 4.98 Å². The fraction of sp³-hybridized carbons (Fsp3) is 0.600. The highest BCUT2D eigenvalue weighted by Crippen LogP contribution is 2.29. The lowest BCUT2D eigenvalue weighted by Gasteiger charge is -2.31. The summed E-state index contributed by atoms with van der Waals surface area (Å²) in [4.78, 5) is 29.2. The molecule has 2 aliphatic heterocycles. The number of likely N-dealkylation sites (tertiary alicyclic amines) is 2. The number of rotatable bonds is 11. The van der Waals surface area contributed by atoms with Crippen molar-refractivity contribution in [2.45, 2.75) is 39.0 Å². The van der Waals surface area contributed by atoms with Gasteiger partial charge in [0.25, 0.3) is 0 Å². The van der Waals surface area contributed by atoms with Gasteiger partial charge in [-0.3, -0.25) is 4.79 Å². The molecule has 2 saturated heterocycles. The molecule has 4 rings (SSSR count). The lowest BCUT2D eigenvalue weighted by Crippen LogP contribution is -2.38. The Bertz CT molecular complexity index is 960. The zero-order valence-electron chi connectivity index (χ0n) is 20.8. The van der Waals surface area contributed by atoms with E-state index in [0.717, 1.165) is 51.3 Å². The molecule has 0 unspecified atom stereocenters. The molecule has 190 valence electrons. The number of hydrogen-bond donors (Lipinski definition) is 2. The highest BCUT2D eigenvalue weighted by Gasteiger charge is 2.20. The van der Waals surface area contributed by atoms with Gasteiger partial charge in [-0.1, -0.05) is 0 Å². The Balaban J connectivity index is 1.28. The van der Waals surface area contributed by atoms with Crippen LogP contribution in [0, 0.1) is 5.92 Å². The molecule has 2 aromatic rings. The second-order valence-electron chi connectivity index (χ2n) is 9.19. The summed E-state index contributed by atoms with van der Waals surface area (Å²) in [7, 11) is 1.61. The van der Waals surface area contributed by atoms with Crippen LogP contribution in [0.5, 0.6) is 11.5 Å².